The third kappa shape index (κ3) is 6.16. The maximum Gasteiger partial charge on any atom is 0.135 e. The van der Waals surface area contributed by atoms with E-state index in [2.05, 4.69) is 41.4 Å². The van der Waals surface area contributed by atoms with Crippen molar-refractivity contribution in [3.05, 3.63) is 11.9 Å². The molecule has 0 saturated heterocycles. The number of nitrogens with one attached hydrogen (secondary N) is 2. The maximum absolute atomic E-state index is 8.62. The van der Waals surface area contributed by atoms with Crippen LogP contribution in [0, 0.1) is 0 Å². The highest BCUT2D eigenvalue weighted by molar-refractivity contribution is 5.47. The Morgan fingerprint density at radius 3 is 2.35 bits per heavy atom. The van der Waals surface area contributed by atoms with E-state index in [1.54, 1.807) is 0 Å². The molecule has 0 unspecified atom stereocenters. The molecule has 20 heavy (non-hydrogen) atoms. The number of aromatic nitrogens is 2. The van der Waals surface area contributed by atoms with Crippen LogP contribution < -0.4 is 10.6 Å². The van der Waals surface area contributed by atoms with Gasteiger partial charge < -0.3 is 20.5 Å². The molecule has 0 aliphatic rings. The van der Waals surface area contributed by atoms with E-state index < -0.39 is 0 Å². The van der Waals surface area contributed by atoms with Gasteiger partial charge in [-0.15, -0.1) is 0 Å². The summed E-state index contributed by atoms with van der Waals surface area (Å²) in [5.41, 5.74) is 0. The molecule has 0 radical (unpaired) electrons. The maximum atomic E-state index is 8.62. The van der Waals surface area contributed by atoms with Gasteiger partial charge in [-0.05, 0) is 6.42 Å². The molecule has 6 heteroatoms. The van der Waals surface area contributed by atoms with Crippen LogP contribution in [0.5, 0.6) is 0 Å². The van der Waals surface area contributed by atoms with Crippen LogP contribution in [0.25, 0.3) is 0 Å². The number of ether oxygens (including phenoxy) is 1. The summed E-state index contributed by atoms with van der Waals surface area (Å²) in [5.74, 6) is 2.76. The van der Waals surface area contributed by atoms with Crippen LogP contribution in [0.4, 0.5) is 11.6 Å². The Morgan fingerprint density at radius 2 is 1.80 bits per heavy atom. The third-order valence-corrected chi connectivity index (χ3v) is 2.60. The van der Waals surface area contributed by atoms with E-state index in [0.717, 1.165) is 30.4 Å². The first-order valence-corrected chi connectivity index (χ1v) is 7.22. The summed E-state index contributed by atoms with van der Waals surface area (Å²) in [6, 6.07) is 1.91. The minimum atomic E-state index is 0.0517. The SMILES string of the molecule is CCCNc1cc(NCCOCCO)nc(C(C)C)n1. The molecule has 0 atom stereocenters. The fraction of sp³-hybridized carbons (Fsp3) is 0.714. The second-order valence-electron chi connectivity index (χ2n) is 4.84. The van der Waals surface area contributed by atoms with Crippen molar-refractivity contribution < 1.29 is 9.84 Å². The van der Waals surface area contributed by atoms with Crippen LogP contribution in [0.1, 0.15) is 38.9 Å². The number of aliphatic hydroxyl groups is 1. The molecule has 1 rings (SSSR count). The molecule has 0 saturated carbocycles. The van der Waals surface area contributed by atoms with Crippen LogP contribution in [0.2, 0.25) is 0 Å². The number of nitrogens with zero attached hydrogens (tertiary/aromatic N) is 2. The molecule has 0 fully saturated rings. The first kappa shape index (κ1) is 16.7. The van der Waals surface area contributed by atoms with Crippen molar-refractivity contribution in [3.8, 4) is 0 Å². The minimum absolute atomic E-state index is 0.0517. The molecular formula is C14H26N4O2. The average Bonchev–Trinajstić information content (AvgIpc) is 2.44. The molecular weight excluding hydrogens is 256 g/mol. The van der Waals surface area contributed by atoms with Gasteiger partial charge in [-0.1, -0.05) is 20.8 Å². The van der Waals surface area contributed by atoms with Gasteiger partial charge in [0.15, 0.2) is 0 Å². The summed E-state index contributed by atoms with van der Waals surface area (Å²) in [5, 5.41) is 15.1. The Hall–Kier alpha value is -1.40. The average molecular weight is 282 g/mol. The highest BCUT2D eigenvalue weighted by atomic mass is 16.5. The standard InChI is InChI=1S/C14H26N4O2/c1-4-5-15-12-10-13(16-6-8-20-9-7-19)18-14(17-12)11(2)3/h10-11,19H,4-9H2,1-3H3,(H2,15,16,17,18). The molecule has 3 N–H and O–H groups in total. The van der Waals surface area contributed by atoms with E-state index in [1.807, 2.05) is 6.07 Å². The van der Waals surface area contributed by atoms with Crippen molar-refractivity contribution in [2.75, 3.05) is 43.5 Å². The largest absolute Gasteiger partial charge is 0.394 e. The second-order valence-corrected chi connectivity index (χ2v) is 4.84. The Labute approximate surface area is 121 Å². The molecule has 114 valence electrons. The number of rotatable bonds is 10. The van der Waals surface area contributed by atoms with E-state index in [1.165, 1.54) is 0 Å². The summed E-state index contributed by atoms with van der Waals surface area (Å²) in [4.78, 5) is 8.99. The van der Waals surface area contributed by atoms with Crippen molar-refractivity contribution >= 4 is 11.6 Å². The molecule has 1 aromatic rings. The van der Waals surface area contributed by atoms with E-state index in [9.17, 15) is 0 Å². The third-order valence-electron chi connectivity index (χ3n) is 2.60. The predicted molar refractivity (Wildman–Crippen MR) is 81.3 cm³/mol. The van der Waals surface area contributed by atoms with Gasteiger partial charge in [-0.2, -0.15) is 0 Å². The quantitative estimate of drug-likeness (QED) is 0.568. The molecule has 0 aliphatic carbocycles. The first-order chi connectivity index (χ1) is 9.67. The number of hydrogen-bond donors (Lipinski definition) is 3. The fourth-order valence-electron chi connectivity index (χ4n) is 1.58. The molecule has 1 aromatic heterocycles. The first-order valence-electron chi connectivity index (χ1n) is 7.22. The predicted octanol–water partition coefficient (Wildman–Crippen LogP) is 1.84. The number of aliphatic hydroxyl groups excluding tert-OH is 1. The van der Waals surface area contributed by atoms with Crippen molar-refractivity contribution in [1.29, 1.82) is 0 Å². The van der Waals surface area contributed by atoms with Crippen molar-refractivity contribution in [1.82, 2.24) is 9.97 Å². The zero-order chi connectivity index (χ0) is 14.8. The summed E-state index contributed by atoms with van der Waals surface area (Å²) in [7, 11) is 0. The van der Waals surface area contributed by atoms with Gasteiger partial charge in [-0.25, -0.2) is 9.97 Å². The van der Waals surface area contributed by atoms with Gasteiger partial charge in [0.25, 0.3) is 0 Å². The summed E-state index contributed by atoms with van der Waals surface area (Å²) >= 11 is 0. The Bertz CT molecular complexity index is 385. The van der Waals surface area contributed by atoms with Crippen molar-refractivity contribution in [3.63, 3.8) is 0 Å². The molecule has 0 aromatic carbocycles. The van der Waals surface area contributed by atoms with Crippen LogP contribution in [0.15, 0.2) is 6.07 Å². The Balaban J connectivity index is 2.60. The zero-order valence-electron chi connectivity index (χ0n) is 12.6. The monoisotopic (exact) mass is 282 g/mol. The van der Waals surface area contributed by atoms with Gasteiger partial charge >= 0.3 is 0 Å². The van der Waals surface area contributed by atoms with E-state index >= 15 is 0 Å². The topological polar surface area (TPSA) is 79.3 Å². The highest BCUT2D eigenvalue weighted by Gasteiger charge is 2.07. The van der Waals surface area contributed by atoms with E-state index in [-0.39, 0.29) is 12.5 Å². The number of anilines is 2. The van der Waals surface area contributed by atoms with Gasteiger partial charge in [-0.3, -0.25) is 0 Å². The van der Waals surface area contributed by atoms with Crippen LogP contribution in [0.3, 0.4) is 0 Å². The van der Waals surface area contributed by atoms with E-state index in [4.69, 9.17) is 9.84 Å². The molecule has 6 nitrogen and oxygen atoms in total. The molecule has 1 heterocycles. The smallest absolute Gasteiger partial charge is 0.135 e. The lowest BCUT2D eigenvalue weighted by molar-refractivity contribution is 0.0992. The molecule has 0 bridgehead atoms. The van der Waals surface area contributed by atoms with Gasteiger partial charge in [0, 0.05) is 25.1 Å². The Morgan fingerprint density at radius 1 is 1.15 bits per heavy atom. The molecule has 0 amide bonds. The van der Waals surface area contributed by atoms with Gasteiger partial charge in [0.2, 0.25) is 0 Å². The zero-order valence-corrected chi connectivity index (χ0v) is 12.6. The molecule has 0 spiro atoms. The van der Waals surface area contributed by atoms with Crippen LogP contribution in [-0.4, -0.2) is 48.0 Å². The summed E-state index contributed by atoms with van der Waals surface area (Å²) in [6.07, 6.45) is 1.05. The lowest BCUT2D eigenvalue weighted by Crippen LogP contribution is -2.14. The van der Waals surface area contributed by atoms with Crippen molar-refractivity contribution in [2.24, 2.45) is 0 Å². The summed E-state index contributed by atoms with van der Waals surface area (Å²) < 4.78 is 5.21. The lowest BCUT2D eigenvalue weighted by atomic mass is 10.2. The van der Waals surface area contributed by atoms with E-state index in [0.29, 0.717) is 19.8 Å². The van der Waals surface area contributed by atoms with Crippen LogP contribution >= 0.6 is 0 Å². The minimum Gasteiger partial charge on any atom is -0.394 e. The number of hydrogen-bond acceptors (Lipinski definition) is 6. The second kappa shape index (κ2) is 9.50. The molecule has 0 aliphatic heterocycles. The lowest BCUT2D eigenvalue weighted by Gasteiger charge is -2.12. The highest BCUT2D eigenvalue weighted by Crippen LogP contribution is 2.16. The Kier molecular flexibility index (Phi) is 7.91. The summed E-state index contributed by atoms with van der Waals surface area (Å²) in [6.45, 7) is 8.78. The normalized spacial score (nSPS) is 10.8. The van der Waals surface area contributed by atoms with Crippen molar-refractivity contribution in [2.45, 2.75) is 33.1 Å². The fourth-order valence-corrected chi connectivity index (χ4v) is 1.58. The van der Waals surface area contributed by atoms with Gasteiger partial charge in [0.05, 0.1) is 19.8 Å². The van der Waals surface area contributed by atoms with Crippen LogP contribution in [-0.2, 0) is 4.74 Å². The van der Waals surface area contributed by atoms with Gasteiger partial charge in [0.1, 0.15) is 17.5 Å².